The minimum Gasteiger partial charge on any atom is -0.309 e. The first-order valence-corrected chi connectivity index (χ1v) is 31.0. The van der Waals surface area contributed by atoms with Gasteiger partial charge in [0, 0.05) is 127 Å². The Balaban J connectivity index is 1.14. The Hall–Kier alpha value is -11.8. The highest BCUT2D eigenvalue weighted by molar-refractivity contribution is 6.33. The maximum Gasteiger partial charge on any atom is 0.0936 e. The van der Waals surface area contributed by atoms with E-state index in [0.29, 0.717) is 0 Å². The van der Waals surface area contributed by atoms with Gasteiger partial charge in [-0.15, -0.1) is 0 Å². The van der Waals surface area contributed by atoms with E-state index in [9.17, 15) is 0 Å². The van der Waals surface area contributed by atoms with Crippen LogP contribution in [0.3, 0.4) is 0 Å². The number of aryl methyl sites for hydroxylation is 8. The van der Waals surface area contributed by atoms with Crippen LogP contribution in [0.25, 0.3) is 76.5 Å². The number of hydrogen-bond donors (Lipinski definition) is 0. The van der Waals surface area contributed by atoms with Crippen molar-refractivity contribution >= 4 is 145 Å². The van der Waals surface area contributed by atoms with Gasteiger partial charge in [0.15, 0.2) is 0 Å². The molecule has 442 valence electrons. The van der Waals surface area contributed by atoms with Gasteiger partial charge < -0.3 is 19.6 Å². The van der Waals surface area contributed by atoms with Gasteiger partial charge in [0.1, 0.15) is 0 Å². The van der Waals surface area contributed by atoms with Crippen molar-refractivity contribution in [3.63, 3.8) is 0 Å². The predicted molar refractivity (Wildman–Crippen MR) is 379 cm³/mol. The molecule has 0 spiro atoms. The van der Waals surface area contributed by atoms with Gasteiger partial charge in [-0.3, -0.25) is 39.9 Å². The fourth-order valence-corrected chi connectivity index (χ4v) is 14.6. The molecule has 12 heteroatoms. The molecule has 0 aliphatic rings. The molecule has 0 bridgehead atoms. The molecule has 4 heterocycles. The normalized spacial score (nSPS) is 11.7. The minimum atomic E-state index is 0.841. The Bertz CT molecular complexity index is 4910. The van der Waals surface area contributed by atoms with Crippen molar-refractivity contribution in [1.82, 2.24) is 39.9 Å². The second kappa shape index (κ2) is 22.1. The molecule has 0 unspecified atom stereocenters. The molecular formula is C80H62N12. The second-order valence-corrected chi connectivity index (χ2v) is 23.9. The summed E-state index contributed by atoms with van der Waals surface area (Å²) in [6.45, 7) is 17.5. The van der Waals surface area contributed by atoms with Gasteiger partial charge in [-0.1, -0.05) is 97.1 Å². The zero-order valence-electron chi connectivity index (χ0n) is 52.3. The Morgan fingerprint density at radius 2 is 0.435 bits per heavy atom. The van der Waals surface area contributed by atoms with E-state index in [1.165, 1.54) is 0 Å². The number of rotatable bonds is 12. The lowest BCUT2D eigenvalue weighted by Crippen LogP contribution is -2.18. The summed E-state index contributed by atoms with van der Waals surface area (Å²) in [5.74, 6) is 0. The number of fused-ring (bicyclic) bond motifs is 4. The highest BCUT2D eigenvalue weighted by Gasteiger charge is 2.33. The van der Waals surface area contributed by atoms with E-state index in [2.05, 4.69) is 257 Å². The quantitative estimate of drug-likeness (QED) is 0.108. The summed E-state index contributed by atoms with van der Waals surface area (Å²) in [6.07, 6.45) is 14.3. The summed E-state index contributed by atoms with van der Waals surface area (Å²) >= 11 is 0. The number of para-hydroxylation sites is 4. The number of aromatic nitrogens is 8. The lowest BCUT2D eigenvalue weighted by Gasteiger charge is -2.36. The second-order valence-electron chi connectivity index (χ2n) is 23.9. The maximum absolute atomic E-state index is 5.03. The smallest absolute Gasteiger partial charge is 0.0936 e. The Morgan fingerprint density at radius 3 is 0.652 bits per heavy atom. The van der Waals surface area contributed by atoms with Crippen molar-refractivity contribution in [3.05, 3.63) is 276 Å². The van der Waals surface area contributed by atoms with Crippen LogP contribution >= 0.6 is 0 Å². The monoisotopic (exact) mass is 1190 g/mol. The van der Waals surface area contributed by atoms with Crippen LogP contribution in [0.1, 0.15) is 44.5 Å². The largest absolute Gasteiger partial charge is 0.309 e. The molecular weight excluding hydrogens is 1130 g/mol. The highest BCUT2D eigenvalue weighted by atomic mass is 15.2. The van der Waals surface area contributed by atoms with Gasteiger partial charge in [-0.2, -0.15) is 0 Å². The number of hydrogen-bond acceptors (Lipinski definition) is 12. The summed E-state index contributed by atoms with van der Waals surface area (Å²) in [5, 5.41) is 6.38. The summed E-state index contributed by atoms with van der Waals surface area (Å²) < 4.78 is 0. The molecule has 92 heavy (non-hydrogen) atoms. The maximum atomic E-state index is 5.03. The van der Waals surface area contributed by atoms with Crippen LogP contribution in [-0.2, 0) is 0 Å². The van der Waals surface area contributed by atoms with Gasteiger partial charge in [0.2, 0.25) is 0 Å². The molecule has 4 aromatic heterocycles. The molecule has 0 amide bonds. The van der Waals surface area contributed by atoms with Crippen LogP contribution in [0.4, 0.5) is 68.2 Å². The summed E-state index contributed by atoms with van der Waals surface area (Å²) in [4.78, 5) is 49.4. The average molecular weight is 1190 g/mol. The van der Waals surface area contributed by atoms with Crippen LogP contribution in [0.15, 0.2) is 232 Å². The summed E-state index contributed by atoms with van der Waals surface area (Å²) in [7, 11) is 0. The standard InChI is InChI=1S/C80H62N12/c1-47-41-63-73(85-37-33-81-63)51(5)77(47)89(55-21-13-9-14-22-55)67-45-68(90(56-23-15-10-16-24-56)78-48(2)42-64-74(52(78)6)86-38-34-82-64)60-31-32-62-70(92(58-27-19-12-20-28-58)80-50(4)44-66-76(54(80)8)88-40-36-84-66)46-69(61-30-29-59(67)71(60)72(61)62)91(57-25-17-11-18-26-57)79-49(3)43-65-75(53(79)7)87-39-35-83-65/h9-46H,1-8H3. The first-order chi connectivity index (χ1) is 45.0. The van der Waals surface area contributed by atoms with Crippen LogP contribution in [0.2, 0.25) is 0 Å². The first-order valence-electron chi connectivity index (χ1n) is 31.0. The van der Waals surface area contributed by atoms with Crippen molar-refractivity contribution in [2.45, 2.75) is 55.4 Å². The van der Waals surface area contributed by atoms with Crippen molar-refractivity contribution in [2.75, 3.05) is 19.6 Å². The lowest BCUT2D eigenvalue weighted by atomic mass is 9.88. The molecule has 12 aromatic carbocycles. The van der Waals surface area contributed by atoms with Gasteiger partial charge in [0.05, 0.1) is 89.6 Å². The molecule has 12 nitrogen and oxygen atoms in total. The van der Waals surface area contributed by atoms with Crippen LogP contribution in [0.5, 0.6) is 0 Å². The fourth-order valence-electron chi connectivity index (χ4n) is 14.6. The van der Waals surface area contributed by atoms with Gasteiger partial charge in [0.25, 0.3) is 0 Å². The highest BCUT2D eigenvalue weighted by Crippen LogP contribution is 2.57. The molecule has 0 atom stereocenters. The number of anilines is 12. The van der Waals surface area contributed by atoms with Crippen molar-refractivity contribution < 1.29 is 0 Å². The average Bonchev–Trinajstić information content (AvgIpc) is 0.699. The third-order valence-corrected chi connectivity index (χ3v) is 18.4. The van der Waals surface area contributed by atoms with Crippen molar-refractivity contribution in [1.29, 1.82) is 0 Å². The lowest BCUT2D eigenvalue weighted by molar-refractivity contribution is 1.19. The third kappa shape index (κ3) is 8.81. The Labute approximate surface area is 532 Å². The third-order valence-electron chi connectivity index (χ3n) is 18.4. The summed E-state index contributed by atoms with van der Waals surface area (Å²) in [6, 6.07) is 66.1. The molecule has 16 aromatic rings. The molecule has 0 aliphatic heterocycles. The predicted octanol–water partition coefficient (Wildman–Crippen LogP) is 20.7. The van der Waals surface area contributed by atoms with E-state index in [1.54, 1.807) is 49.6 Å². The van der Waals surface area contributed by atoms with E-state index >= 15 is 0 Å². The first kappa shape index (κ1) is 55.5. The van der Waals surface area contributed by atoms with E-state index in [0.717, 1.165) is 189 Å². The van der Waals surface area contributed by atoms with Crippen molar-refractivity contribution in [2.24, 2.45) is 0 Å². The molecule has 0 saturated heterocycles. The molecule has 0 fully saturated rings. The van der Waals surface area contributed by atoms with Crippen LogP contribution in [0, 0.1) is 55.4 Å². The van der Waals surface area contributed by atoms with E-state index < -0.39 is 0 Å². The van der Waals surface area contributed by atoms with E-state index in [4.69, 9.17) is 39.9 Å². The molecule has 0 radical (unpaired) electrons. The van der Waals surface area contributed by atoms with Gasteiger partial charge >= 0.3 is 0 Å². The number of benzene rings is 12. The molecule has 16 rings (SSSR count). The van der Waals surface area contributed by atoms with Crippen molar-refractivity contribution in [3.8, 4) is 0 Å². The zero-order valence-corrected chi connectivity index (χ0v) is 52.3. The minimum absolute atomic E-state index is 0.841. The fraction of sp³-hybridized carbons (Fsp3) is 0.100. The van der Waals surface area contributed by atoms with Gasteiger partial charge in [-0.25, -0.2) is 0 Å². The Kier molecular flexibility index (Phi) is 13.3. The summed E-state index contributed by atoms with van der Waals surface area (Å²) in [5.41, 5.74) is 27.0. The topological polar surface area (TPSA) is 116 Å². The van der Waals surface area contributed by atoms with Crippen LogP contribution < -0.4 is 19.6 Å². The molecule has 0 N–H and O–H groups in total. The van der Waals surface area contributed by atoms with Crippen LogP contribution in [-0.4, -0.2) is 39.9 Å². The van der Waals surface area contributed by atoms with E-state index in [1.807, 2.05) is 0 Å². The van der Waals surface area contributed by atoms with Gasteiger partial charge in [-0.05, 0) is 163 Å². The Morgan fingerprint density at radius 1 is 0.228 bits per heavy atom. The molecule has 0 saturated carbocycles. The zero-order chi connectivity index (χ0) is 62.5. The SMILES string of the molecule is Cc1cc2nccnc2c(C)c1N(c1ccccc1)c1cc(N(c2ccccc2)c2c(C)cc3nccnc3c2C)c2ccc3c(N(c4ccccc4)c4c(C)cc5nccnc5c4C)cc(N(c4ccccc4)c4c(C)cc5nccnc5c4C)c4ccc1c2c43. The van der Waals surface area contributed by atoms with E-state index in [-0.39, 0.29) is 0 Å². The molecule has 0 aliphatic carbocycles. The number of nitrogens with zero attached hydrogens (tertiary/aromatic N) is 12.